The van der Waals surface area contributed by atoms with E-state index in [1.807, 2.05) is 11.9 Å². The van der Waals surface area contributed by atoms with E-state index < -0.39 is 5.97 Å². The van der Waals surface area contributed by atoms with E-state index in [2.05, 4.69) is 13.8 Å². The molecule has 0 aliphatic heterocycles. The summed E-state index contributed by atoms with van der Waals surface area (Å²) < 4.78 is 0. The van der Waals surface area contributed by atoms with Crippen LogP contribution in [-0.2, 0) is 4.79 Å². The standard InChI is InChI=1S/C10H21NO2/c1-4-6-7-9(10(12)13)11(3)8-5-2/h9H,4-8H2,1-3H3,(H,12,13). The minimum atomic E-state index is -0.690. The average Bonchev–Trinajstić information content (AvgIpc) is 2.05. The summed E-state index contributed by atoms with van der Waals surface area (Å²) in [5, 5.41) is 8.96. The summed E-state index contributed by atoms with van der Waals surface area (Å²) in [6.45, 7) is 5.01. The predicted molar refractivity (Wildman–Crippen MR) is 53.9 cm³/mol. The van der Waals surface area contributed by atoms with Crippen LogP contribution in [0.2, 0.25) is 0 Å². The zero-order valence-corrected chi connectivity index (χ0v) is 8.92. The highest BCUT2D eigenvalue weighted by Crippen LogP contribution is 2.07. The number of nitrogens with zero attached hydrogens (tertiary/aromatic N) is 1. The van der Waals surface area contributed by atoms with Gasteiger partial charge in [-0.3, -0.25) is 9.69 Å². The van der Waals surface area contributed by atoms with Crippen molar-refractivity contribution in [2.45, 2.75) is 45.6 Å². The minimum Gasteiger partial charge on any atom is -0.480 e. The monoisotopic (exact) mass is 187 g/mol. The molecule has 0 fully saturated rings. The first-order valence-corrected chi connectivity index (χ1v) is 5.06. The van der Waals surface area contributed by atoms with Crippen LogP contribution >= 0.6 is 0 Å². The third-order valence-corrected chi connectivity index (χ3v) is 2.22. The lowest BCUT2D eigenvalue weighted by Gasteiger charge is -2.23. The first-order chi connectivity index (χ1) is 6.13. The molecule has 3 nitrogen and oxygen atoms in total. The first kappa shape index (κ1) is 12.4. The Balaban J connectivity index is 3.99. The molecule has 0 aromatic carbocycles. The van der Waals surface area contributed by atoms with Crippen molar-refractivity contribution < 1.29 is 9.90 Å². The molecule has 1 unspecified atom stereocenters. The molecular formula is C10H21NO2. The number of aliphatic carboxylic acids is 1. The molecule has 0 amide bonds. The van der Waals surface area contributed by atoms with E-state index in [4.69, 9.17) is 5.11 Å². The van der Waals surface area contributed by atoms with Gasteiger partial charge in [0, 0.05) is 0 Å². The second kappa shape index (κ2) is 6.89. The Morgan fingerprint density at radius 3 is 2.38 bits per heavy atom. The van der Waals surface area contributed by atoms with Crippen molar-refractivity contribution >= 4 is 5.97 Å². The smallest absolute Gasteiger partial charge is 0.320 e. The van der Waals surface area contributed by atoms with Crippen LogP contribution in [0.3, 0.4) is 0 Å². The Kier molecular flexibility index (Phi) is 6.59. The number of hydrogen-bond acceptors (Lipinski definition) is 2. The van der Waals surface area contributed by atoms with Crippen LogP contribution in [0.25, 0.3) is 0 Å². The SMILES string of the molecule is CCCCC(C(=O)O)N(C)CCC. The third kappa shape index (κ3) is 4.88. The van der Waals surface area contributed by atoms with Gasteiger partial charge in [-0.2, -0.15) is 0 Å². The fraction of sp³-hybridized carbons (Fsp3) is 0.900. The maximum Gasteiger partial charge on any atom is 0.320 e. The van der Waals surface area contributed by atoms with Crippen LogP contribution in [0.4, 0.5) is 0 Å². The highest BCUT2D eigenvalue weighted by molar-refractivity contribution is 5.73. The molecule has 0 rings (SSSR count). The van der Waals surface area contributed by atoms with Gasteiger partial charge in [0.25, 0.3) is 0 Å². The maximum atomic E-state index is 10.9. The van der Waals surface area contributed by atoms with Crippen LogP contribution in [0.1, 0.15) is 39.5 Å². The molecule has 1 N–H and O–H groups in total. The van der Waals surface area contributed by atoms with Crippen molar-refractivity contribution in [3.05, 3.63) is 0 Å². The summed E-state index contributed by atoms with van der Waals surface area (Å²) in [6, 6.07) is -0.292. The van der Waals surface area contributed by atoms with Gasteiger partial charge in [-0.05, 0) is 26.4 Å². The zero-order chi connectivity index (χ0) is 10.3. The Bertz CT molecular complexity index is 148. The van der Waals surface area contributed by atoms with E-state index >= 15 is 0 Å². The van der Waals surface area contributed by atoms with Crippen molar-refractivity contribution in [2.24, 2.45) is 0 Å². The van der Waals surface area contributed by atoms with Crippen molar-refractivity contribution in [1.82, 2.24) is 4.90 Å². The summed E-state index contributed by atoms with van der Waals surface area (Å²) >= 11 is 0. The molecule has 0 saturated carbocycles. The Morgan fingerprint density at radius 1 is 1.38 bits per heavy atom. The Hall–Kier alpha value is -0.570. The molecule has 13 heavy (non-hydrogen) atoms. The lowest BCUT2D eigenvalue weighted by Crippen LogP contribution is -2.38. The van der Waals surface area contributed by atoms with E-state index in [0.29, 0.717) is 0 Å². The summed E-state index contributed by atoms with van der Waals surface area (Å²) in [5.74, 6) is -0.690. The fourth-order valence-corrected chi connectivity index (χ4v) is 1.44. The molecule has 0 aliphatic rings. The molecule has 3 heteroatoms. The van der Waals surface area contributed by atoms with Crippen LogP contribution in [0.15, 0.2) is 0 Å². The van der Waals surface area contributed by atoms with E-state index in [1.54, 1.807) is 0 Å². The third-order valence-electron chi connectivity index (χ3n) is 2.22. The zero-order valence-electron chi connectivity index (χ0n) is 8.92. The van der Waals surface area contributed by atoms with Gasteiger partial charge in [0.15, 0.2) is 0 Å². The summed E-state index contributed by atoms with van der Waals surface area (Å²) in [6.07, 6.45) is 3.82. The Morgan fingerprint density at radius 2 is 2.00 bits per heavy atom. The number of likely N-dealkylation sites (N-methyl/N-ethyl adjacent to an activating group) is 1. The molecule has 0 radical (unpaired) electrons. The molecule has 0 spiro atoms. The van der Waals surface area contributed by atoms with Crippen LogP contribution in [-0.4, -0.2) is 35.6 Å². The molecule has 0 heterocycles. The highest BCUT2D eigenvalue weighted by Gasteiger charge is 2.20. The fourth-order valence-electron chi connectivity index (χ4n) is 1.44. The van der Waals surface area contributed by atoms with E-state index in [0.717, 1.165) is 32.2 Å². The first-order valence-electron chi connectivity index (χ1n) is 5.06. The van der Waals surface area contributed by atoms with Crippen molar-refractivity contribution in [3.63, 3.8) is 0 Å². The van der Waals surface area contributed by atoms with Gasteiger partial charge in [-0.15, -0.1) is 0 Å². The van der Waals surface area contributed by atoms with Crippen molar-refractivity contribution in [1.29, 1.82) is 0 Å². The lowest BCUT2D eigenvalue weighted by molar-refractivity contribution is -0.143. The molecule has 0 aromatic rings. The van der Waals surface area contributed by atoms with Crippen LogP contribution in [0.5, 0.6) is 0 Å². The van der Waals surface area contributed by atoms with Gasteiger partial charge in [-0.1, -0.05) is 26.7 Å². The predicted octanol–water partition coefficient (Wildman–Crippen LogP) is 1.97. The molecule has 1 atom stereocenters. The summed E-state index contributed by atoms with van der Waals surface area (Å²) in [4.78, 5) is 12.8. The lowest BCUT2D eigenvalue weighted by atomic mass is 10.1. The number of carboxylic acid groups (broad SMARTS) is 1. The van der Waals surface area contributed by atoms with Gasteiger partial charge >= 0.3 is 5.97 Å². The molecule has 0 aliphatic carbocycles. The highest BCUT2D eigenvalue weighted by atomic mass is 16.4. The largest absolute Gasteiger partial charge is 0.480 e. The number of rotatable bonds is 7. The normalized spacial score (nSPS) is 13.2. The second-order valence-corrected chi connectivity index (χ2v) is 3.48. The minimum absolute atomic E-state index is 0.292. The maximum absolute atomic E-state index is 10.9. The number of hydrogen-bond donors (Lipinski definition) is 1. The van der Waals surface area contributed by atoms with Gasteiger partial charge < -0.3 is 5.11 Å². The van der Waals surface area contributed by atoms with E-state index in [9.17, 15) is 4.79 Å². The second-order valence-electron chi connectivity index (χ2n) is 3.48. The van der Waals surface area contributed by atoms with Crippen molar-refractivity contribution in [2.75, 3.05) is 13.6 Å². The molecule has 0 bridgehead atoms. The van der Waals surface area contributed by atoms with E-state index in [1.165, 1.54) is 0 Å². The number of carbonyl (C=O) groups is 1. The molecular weight excluding hydrogens is 166 g/mol. The number of unbranched alkanes of at least 4 members (excludes halogenated alkanes) is 1. The van der Waals surface area contributed by atoms with Gasteiger partial charge in [0.2, 0.25) is 0 Å². The van der Waals surface area contributed by atoms with Crippen molar-refractivity contribution in [3.8, 4) is 0 Å². The average molecular weight is 187 g/mol. The van der Waals surface area contributed by atoms with Gasteiger partial charge in [-0.25, -0.2) is 0 Å². The number of carboxylic acids is 1. The van der Waals surface area contributed by atoms with Gasteiger partial charge in [0.05, 0.1) is 0 Å². The molecule has 0 saturated heterocycles. The summed E-state index contributed by atoms with van der Waals surface area (Å²) in [5.41, 5.74) is 0. The van der Waals surface area contributed by atoms with Gasteiger partial charge in [0.1, 0.15) is 6.04 Å². The van der Waals surface area contributed by atoms with E-state index in [-0.39, 0.29) is 6.04 Å². The van der Waals surface area contributed by atoms with Crippen LogP contribution in [0, 0.1) is 0 Å². The quantitative estimate of drug-likeness (QED) is 0.662. The molecule has 0 aromatic heterocycles. The van der Waals surface area contributed by atoms with Crippen LogP contribution < -0.4 is 0 Å². The molecule has 78 valence electrons. The topological polar surface area (TPSA) is 40.5 Å². The summed E-state index contributed by atoms with van der Waals surface area (Å²) in [7, 11) is 1.89. The Labute approximate surface area is 80.7 Å².